The lowest BCUT2D eigenvalue weighted by Crippen LogP contribution is -2.14. The fourth-order valence-corrected chi connectivity index (χ4v) is 6.61. The van der Waals surface area contributed by atoms with Gasteiger partial charge in [0.2, 0.25) is 0 Å². The van der Waals surface area contributed by atoms with E-state index in [-0.39, 0.29) is 21.1 Å². The molecule has 6 nitrogen and oxygen atoms in total. The summed E-state index contributed by atoms with van der Waals surface area (Å²) in [4.78, 5) is 0.190. The van der Waals surface area contributed by atoms with Crippen LogP contribution in [0.4, 0.5) is 8.78 Å². The molecule has 0 radical (unpaired) electrons. The molecule has 150 valence electrons. The number of sulfone groups is 1. The maximum Gasteiger partial charge on any atom is 0.291 e. The van der Waals surface area contributed by atoms with Crippen molar-refractivity contribution in [3.8, 4) is 10.7 Å². The van der Waals surface area contributed by atoms with Crippen molar-refractivity contribution >= 4 is 48.0 Å². The highest BCUT2D eigenvalue weighted by Gasteiger charge is 2.42. The van der Waals surface area contributed by atoms with E-state index in [4.69, 9.17) is 0 Å². The van der Waals surface area contributed by atoms with Crippen molar-refractivity contribution in [2.75, 3.05) is 5.75 Å². The molecule has 3 aromatic rings. The number of hydrogen-bond acceptors (Lipinski definition) is 6. The van der Waals surface area contributed by atoms with Crippen molar-refractivity contribution in [1.29, 1.82) is 0 Å². The zero-order valence-electron chi connectivity index (χ0n) is 15.1. The van der Waals surface area contributed by atoms with Gasteiger partial charge in [-0.15, -0.1) is 10.2 Å². The fraction of sp³-hybridized carbons (Fsp3) is 0.471. The molecule has 0 unspecified atom stereocenters. The van der Waals surface area contributed by atoms with Gasteiger partial charge < -0.3 is 0 Å². The summed E-state index contributed by atoms with van der Waals surface area (Å²) in [6.07, 6.45) is -0.918. The van der Waals surface area contributed by atoms with Crippen molar-refractivity contribution in [2.45, 2.75) is 44.6 Å². The van der Waals surface area contributed by atoms with Gasteiger partial charge in [-0.25, -0.2) is 17.2 Å². The topological polar surface area (TPSA) is 77.7 Å². The summed E-state index contributed by atoms with van der Waals surface area (Å²) >= 11 is 4.22. The van der Waals surface area contributed by atoms with Crippen LogP contribution in [0.5, 0.6) is 0 Å². The van der Waals surface area contributed by atoms with Gasteiger partial charge in [0.15, 0.2) is 19.9 Å². The smallest absolute Gasteiger partial charge is 0.263 e. The summed E-state index contributed by atoms with van der Waals surface area (Å²) in [5.41, 5.74) is 0.891. The Morgan fingerprint density at radius 2 is 2.04 bits per heavy atom. The normalized spacial score (nSPS) is 16.2. The Morgan fingerprint density at radius 1 is 1.32 bits per heavy atom. The summed E-state index contributed by atoms with van der Waals surface area (Å²) in [6, 6.07) is 3.16. The Hall–Kier alpha value is -1.46. The molecule has 0 amide bonds. The number of halogens is 3. The summed E-state index contributed by atoms with van der Waals surface area (Å²) in [5.74, 6) is 0.0868. The monoisotopic (exact) mass is 490 g/mol. The van der Waals surface area contributed by atoms with Crippen molar-refractivity contribution < 1.29 is 17.2 Å². The van der Waals surface area contributed by atoms with Crippen molar-refractivity contribution in [3.05, 3.63) is 21.6 Å². The third-order valence-corrected chi connectivity index (χ3v) is 8.47. The molecule has 2 aromatic heterocycles. The van der Waals surface area contributed by atoms with E-state index in [1.165, 1.54) is 0 Å². The van der Waals surface area contributed by atoms with Crippen LogP contribution in [0.2, 0.25) is 0 Å². The molecular weight excluding hydrogens is 474 g/mol. The molecule has 11 heteroatoms. The van der Waals surface area contributed by atoms with Crippen LogP contribution < -0.4 is 0 Å². The molecule has 1 aliphatic rings. The molecule has 4 rings (SSSR count). The van der Waals surface area contributed by atoms with Crippen LogP contribution in [0.1, 0.15) is 38.1 Å². The van der Waals surface area contributed by atoms with Gasteiger partial charge in [-0.2, -0.15) is 5.10 Å². The summed E-state index contributed by atoms with van der Waals surface area (Å²) in [5, 5.41) is 12.2. The molecule has 0 atom stereocenters. The van der Waals surface area contributed by atoms with Crippen LogP contribution in [0.3, 0.4) is 0 Å². The van der Waals surface area contributed by atoms with E-state index in [9.17, 15) is 17.2 Å². The Morgan fingerprint density at radius 3 is 2.61 bits per heavy atom. The lowest BCUT2D eigenvalue weighted by molar-refractivity contribution is 0.150. The van der Waals surface area contributed by atoms with E-state index in [0.717, 1.165) is 24.2 Å². The molecule has 0 bridgehead atoms. The first-order valence-corrected chi connectivity index (χ1v) is 11.9. The van der Waals surface area contributed by atoms with Gasteiger partial charge in [0, 0.05) is 16.4 Å². The second-order valence-electron chi connectivity index (χ2n) is 7.28. The maximum absolute atomic E-state index is 12.9. The minimum atomic E-state index is -3.49. The molecule has 1 aromatic carbocycles. The second kappa shape index (κ2) is 6.81. The molecule has 1 fully saturated rings. The zero-order valence-corrected chi connectivity index (χ0v) is 18.3. The molecule has 0 saturated heterocycles. The second-order valence-corrected chi connectivity index (χ2v) is 11.1. The predicted octanol–water partition coefficient (Wildman–Crippen LogP) is 4.85. The average molecular weight is 491 g/mol. The van der Waals surface area contributed by atoms with Gasteiger partial charge in [-0.3, -0.25) is 4.68 Å². The van der Waals surface area contributed by atoms with Crippen molar-refractivity contribution in [2.24, 2.45) is 5.41 Å². The van der Waals surface area contributed by atoms with Crippen LogP contribution in [0.15, 0.2) is 21.5 Å². The number of rotatable bonds is 6. The van der Waals surface area contributed by atoms with Gasteiger partial charge in [-0.1, -0.05) is 18.3 Å². The van der Waals surface area contributed by atoms with Crippen molar-refractivity contribution in [3.63, 3.8) is 0 Å². The summed E-state index contributed by atoms with van der Waals surface area (Å²) in [7, 11) is -3.49. The largest absolute Gasteiger partial charge is 0.291 e. The first kappa shape index (κ1) is 19.8. The molecular formula is C17H17BrF2N4O2S2. The van der Waals surface area contributed by atoms with E-state index >= 15 is 0 Å². The minimum absolute atomic E-state index is 0.0868. The average Bonchev–Trinajstić information content (AvgIpc) is 3.04. The number of benzene rings is 1. The molecule has 1 aliphatic carbocycles. The number of fused-ring (bicyclic) bond motifs is 1. The Kier molecular flexibility index (Phi) is 4.82. The fourth-order valence-electron chi connectivity index (χ4n) is 3.13. The quantitative estimate of drug-likeness (QED) is 0.493. The van der Waals surface area contributed by atoms with Crippen LogP contribution in [-0.2, 0) is 16.4 Å². The van der Waals surface area contributed by atoms with Crippen LogP contribution in [0.25, 0.3) is 21.6 Å². The lowest BCUT2D eigenvalue weighted by atomic mass is 10.2. The van der Waals surface area contributed by atoms with E-state index in [1.54, 1.807) is 16.8 Å². The third kappa shape index (κ3) is 3.48. The SMILES string of the molecule is CCn1nc(-c2nnc(C(F)F)s2)c2cc(S(=O)(=O)CC3(C)CC3)cc(Br)c21. The van der Waals surface area contributed by atoms with Crippen LogP contribution >= 0.6 is 27.3 Å². The van der Waals surface area contributed by atoms with E-state index in [1.807, 2.05) is 13.8 Å². The zero-order chi connectivity index (χ0) is 20.3. The molecule has 0 N–H and O–H groups in total. The third-order valence-electron chi connectivity index (χ3n) is 4.90. The van der Waals surface area contributed by atoms with E-state index in [0.29, 0.717) is 27.6 Å². The molecule has 2 heterocycles. The summed E-state index contributed by atoms with van der Waals surface area (Å²) < 4.78 is 54.0. The number of aromatic nitrogens is 4. The number of aryl methyl sites for hydroxylation is 1. The first-order valence-electron chi connectivity index (χ1n) is 8.68. The van der Waals surface area contributed by atoms with Gasteiger partial charge in [-0.05, 0) is 53.2 Å². The van der Waals surface area contributed by atoms with Gasteiger partial charge in [0.25, 0.3) is 6.43 Å². The highest BCUT2D eigenvalue weighted by atomic mass is 79.9. The van der Waals surface area contributed by atoms with E-state index in [2.05, 4.69) is 31.2 Å². The molecule has 1 saturated carbocycles. The number of nitrogens with zero attached hydrogens (tertiary/aromatic N) is 4. The highest BCUT2D eigenvalue weighted by Crippen LogP contribution is 2.47. The summed E-state index contributed by atoms with van der Waals surface area (Å²) in [6.45, 7) is 4.39. The van der Waals surface area contributed by atoms with Crippen LogP contribution in [0, 0.1) is 5.41 Å². The van der Waals surface area contributed by atoms with Crippen LogP contribution in [-0.4, -0.2) is 34.1 Å². The Bertz CT molecular complexity index is 1170. The number of hydrogen-bond donors (Lipinski definition) is 0. The first-order chi connectivity index (χ1) is 13.1. The maximum atomic E-state index is 12.9. The Balaban J connectivity index is 1.89. The lowest BCUT2D eigenvalue weighted by Gasteiger charge is -2.11. The standard InChI is InChI=1S/C17H17BrF2N4O2S2/c1-3-24-13-10(12(23-24)15-21-22-16(27-15)14(19)20)6-9(7-11(13)18)28(25,26)8-17(2)4-5-17/h6-7,14H,3-5,8H2,1-2H3. The Labute approximate surface area is 173 Å². The van der Waals surface area contributed by atoms with Gasteiger partial charge in [0.1, 0.15) is 5.69 Å². The van der Waals surface area contributed by atoms with Gasteiger partial charge >= 0.3 is 0 Å². The molecule has 0 aliphatic heterocycles. The van der Waals surface area contributed by atoms with E-state index < -0.39 is 21.3 Å². The predicted molar refractivity (Wildman–Crippen MR) is 106 cm³/mol. The molecule has 28 heavy (non-hydrogen) atoms. The minimum Gasteiger partial charge on any atom is -0.263 e. The highest BCUT2D eigenvalue weighted by molar-refractivity contribution is 9.10. The number of alkyl halides is 2. The van der Waals surface area contributed by atoms with Crippen molar-refractivity contribution in [1.82, 2.24) is 20.0 Å². The van der Waals surface area contributed by atoms with Gasteiger partial charge in [0.05, 0.1) is 16.2 Å². The molecule has 0 spiro atoms.